The quantitative estimate of drug-likeness (QED) is 0.0551. The molecule has 0 fully saturated rings. The molecule has 8 rings (SSSR count). The Morgan fingerprint density at radius 1 is 0.649 bits per heavy atom. The second-order valence-electron chi connectivity index (χ2n) is 19.4. The van der Waals surface area contributed by atoms with E-state index in [0.29, 0.717) is 33.8 Å². The minimum Gasteiger partial charge on any atom is -0.496 e. The van der Waals surface area contributed by atoms with E-state index in [1.165, 1.54) is 7.11 Å². The predicted octanol–water partition coefficient (Wildman–Crippen LogP) is 11.1. The van der Waals surface area contributed by atoms with Gasteiger partial charge in [0, 0.05) is 23.2 Å². The molecule has 7 aromatic rings. The molecule has 0 aliphatic carbocycles. The molecule has 0 saturated heterocycles. The van der Waals surface area contributed by atoms with E-state index in [-0.39, 0.29) is 62.9 Å². The van der Waals surface area contributed by atoms with E-state index in [4.69, 9.17) is 33.1 Å². The number of nitrogens with zero attached hydrogens (tertiary/aromatic N) is 2. The normalized spacial score (nSPS) is 15.0. The lowest BCUT2D eigenvalue weighted by Crippen LogP contribution is -2.45. The van der Waals surface area contributed by atoms with Gasteiger partial charge in [0.15, 0.2) is 11.2 Å². The van der Waals surface area contributed by atoms with Crippen LogP contribution in [0.2, 0.25) is 0 Å². The van der Waals surface area contributed by atoms with Gasteiger partial charge >= 0.3 is 18.2 Å². The third-order valence-corrected chi connectivity index (χ3v) is 12.5. The Morgan fingerprint density at radius 2 is 1.22 bits per heavy atom. The summed E-state index contributed by atoms with van der Waals surface area (Å²) in [6, 6.07) is 48.7. The van der Waals surface area contributed by atoms with Crippen molar-refractivity contribution in [3.05, 3.63) is 220 Å². The van der Waals surface area contributed by atoms with Crippen molar-refractivity contribution in [1.29, 1.82) is 0 Å². The molecule has 0 unspecified atom stereocenters. The van der Waals surface area contributed by atoms with E-state index in [0.717, 1.165) is 22.3 Å². The van der Waals surface area contributed by atoms with Crippen LogP contribution >= 0.6 is 0 Å². The molecule has 0 radical (unpaired) electrons. The second kappa shape index (κ2) is 23.5. The minimum atomic E-state index is -1.83. The average Bonchev–Trinajstić information content (AvgIpc) is 3.96. The van der Waals surface area contributed by atoms with Crippen molar-refractivity contribution in [3.8, 4) is 5.75 Å². The maximum Gasteiger partial charge on any atom is 0.408 e. The van der Waals surface area contributed by atoms with E-state index in [1.807, 2.05) is 159 Å². The van der Waals surface area contributed by atoms with E-state index in [2.05, 4.69) is 10.6 Å². The summed E-state index contributed by atoms with van der Waals surface area (Å²) in [6.07, 6.45) is -1.58. The number of aromatic nitrogens is 1. The average molecular weight is 999 g/mol. The van der Waals surface area contributed by atoms with Crippen molar-refractivity contribution in [1.82, 2.24) is 15.6 Å². The Morgan fingerprint density at radius 3 is 1.81 bits per heavy atom. The minimum absolute atomic E-state index is 0.0353. The van der Waals surface area contributed by atoms with Crippen LogP contribution < -0.4 is 20.3 Å². The molecule has 3 amide bonds. The first-order valence-corrected chi connectivity index (χ1v) is 24.6. The molecule has 2 heterocycles. The van der Waals surface area contributed by atoms with Crippen molar-refractivity contribution >= 4 is 29.8 Å². The summed E-state index contributed by atoms with van der Waals surface area (Å²) in [6.45, 7) is 9.33. The first kappa shape index (κ1) is 52.1. The molecule has 382 valence electrons. The van der Waals surface area contributed by atoms with Crippen LogP contribution in [0.3, 0.4) is 0 Å². The highest BCUT2D eigenvalue weighted by Gasteiger charge is 2.58. The number of nitrogens with one attached hydrogen (secondary N) is 2. The lowest BCUT2D eigenvalue weighted by atomic mass is 9.71. The van der Waals surface area contributed by atoms with Crippen LogP contribution in [0.25, 0.3) is 0 Å². The number of methoxy groups -OCH3 is 1. The summed E-state index contributed by atoms with van der Waals surface area (Å²) in [5.74, 6) is -0.787. The van der Waals surface area contributed by atoms with Crippen molar-refractivity contribution < 1.29 is 47.3 Å². The Bertz CT molecular complexity index is 3010. The maximum atomic E-state index is 16.4. The zero-order valence-electron chi connectivity index (χ0n) is 42.5. The van der Waals surface area contributed by atoms with Gasteiger partial charge in [-0.3, -0.25) is 4.79 Å². The van der Waals surface area contributed by atoms with E-state index >= 15 is 4.79 Å². The topological polar surface area (TPSA) is 168 Å². The number of carbonyl (C=O) groups excluding carboxylic acids is 4. The number of hydrogen-bond acceptors (Lipinski definition) is 11. The number of carbonyl (C=O) groups is 4. The van der Waals surface area contributed by atoms with Crippen LogP contribution in [0, 0.1) is 5.92 Å². The Labute approximate surface area is 432 Å². The summed E-state index contributed by atoms with van der Waals surface area (Å²) >= 11 is 0. The molecular formula is C60H62N4O10. The number of para-hydroxylation sites is 1. The molecule has 2 N–H and O–H groups in total. The maximum absolute atomic E-state index is 16.4. The number of rotatable bonds is 20. The van der Waals surface area contributed by atoms with Gasteiger partial charge in [-0.1, -0.05) is 166 Å². The number of esters is 1. The van der Waals surface area contributed by atoms with Gasteiger partial charge in [-0.15, -0.1) is 0 Å². The molecule has 0 bridgehead atoms. The summed E-state index contributed by atoms with van der Waals surface area (Å²) in [5, 5.41) is 5.74. The molecule has 14 heteroatoms. The SMILES string of the molecule is COc1ccc(C[C@H](NC(=O)OC(C)(C)C)C(=O)OCc2ccccc2)cc1[C@@]1(c2oc([C@@H](NC(=O)OCc3ccccc3)C(C)C)nc2COCc2ccccc2)C(=O)N(Cc2ccccc2)c2ccccc21. The fraction of sp³-hybridized carbons (Fsp3) is 0.283. The van der Waals surface area contributed by atoms with Crippen molar-refractivity contribution in [3.63, 3.8) is 0 Å². The molecule has 1 aliphatic rings. The molecule has 14 nitrogen and oxygen atoms in total. The van der Waals surface area contributed by atoms with Crippen LogP contribution in [0.5, 0.6) is 5.75 Å². The highest BCUT2D eigenvalue weighted by atomic mass is 16.6. The molecule has 0 spiro atoms. The van der Waals surface area contributed by atoms with Gasteiger partial charge in [-0.25, -0.2) is 19.4 Å². The smallest absolute Gasteiger partial charge is 0.408 e. The van der Waals surface area contributed by atoms with Crippen LogP contribution in [0.1, 0.15) is 96.9 Å². The van der Waals surface area contributed by atoms with Gasteiger partial charge in [0.2, 0.25) is 5.89 Å². The van der Waals surface area contributed by atoms with Crippen molar-refractivity contribution in [2.24, 2.45) is 5.92 Å². The van der Waals surface area contributed by atoms with E-state index in [1.54, 1.807) is 43.9 Å². The van der Waals surface area contributed by atoms with Gasteiger partial charge in [-0.2, -0.15) is 0 Å². The van der Waals surface area contributed by atoms with Gasteiger partial charge in [0.25, 0.3) is 5.91 Å². The summed E-state index contributed by atoms with van der Waals surface area (Å²) < 4.78 is 36.9. The molecule has 1 aromatic heterocycles. The number of oxazole rings is 1. The number of benzene rings is 6. The molecular weight excluding hydrogens is 937 g/mol. The molecule has 74 heavy (non-hydrogen) atoms. The van der Waals surface area contributed by atoms with E-state index < -0.39 is 41.3 Å². The van der Waals surface area contributed by atoms with Crippen LogP contribution in [-0.4, -0.2) is 47.8 Å². The summed E-state index contributed by atoms with van der Waals surface area (Å²) in [7, 11) is 1.52. The first-order chi connectivity index (χ1) is 35.7. The highest BCUT2D eigenvalue weighted by molar-refractivity contribution is 6.13. The number of fused-ring (bicyclic) bond motifs is 1. The Hall–Kier alpha value is -8.23. The zero-order chi connectivity index (χ0) is 52.2. The predicted molar refractivity (Wildman–Crippen MR) is 279 cm³/mol. The van der Waals surface area contributed by atoms with Gasteiger partial charge in [-0.05, 0) is 66.6 Å². The van der Waals surface area contributed by atoms with Crippen LogP contribution in [0.4, 0.5) is 15.3 Å². The van der Waals surface area contributed by atoms with E-state index in [9.17, 15) is 14.4 Å². The number of amides is 3. The second-order valence-corrected chi connectivity index (χ2v) is 19.4. The van der Waals surface area contributed by atoms with Crippen molar-refractivity contribution in [2.75, 3.05) is 12.0 Å². The number of anilines is 1. The Kier molecular flexibility index (Phi) is 16.6. The molecule has 6 aromatic carbocycles. The summed E-state index contributed by atoms with van der Waals surface area (Å²) in [4.78, 5) is 64.4. The first-order valence-electron chi connectivity index (χ1n) is 24.6. The third kappa shape index (κ3) is 12.3. The van der Waals surface area contributed by atoms with Crippen LogP contribution in [-0.2, 0) is 73.3 Å². The standard InChI is InChI=1S/C60H62N4O10/c1-40(2)52(63-57(67)72-38-44-27-17-10-18-28-44)54-61-49(39-70-36-42-23-13-8-14-24-42)53(73-54)60(46-29-19-20-30-50(46)64(56(60)66)35-41-21-11-7-12-22-41)47-33-45(31-32-51(47)69-6)34-48(62-58(68)74-59(3,4)5)55(65)71-37-43-25-15-9-16-26-43/h7-33,40,48,52H,34-39H2,1-6H3,(H,62,68)(H,63,67)/t48-,52-,60-/m0/s1. The summed E-state index contributed by atoms with van der Waals surface area (Å²) in [5.41, 5.74) is 3.04. The number of alkyl carbamates (subject to hydrolysis) is 2. The lowest BCUT2D eigenvalue weighted by Gasteiger charge is -2.30. The lowest BCUT2D eigenvalue weighted by molar-refractivity contribution is -0.147. The molecule has 0 saturated carbocycles. The fourth-order valence-electron chi connectivity index (χ4n) is 9.00. The van der Waals surface area contributed by atoms with Crippen LogP contribution in [0.15, 0.2) is 168 Å². The molecule has 1 aliphatic heterocycles. The van der Waals surface area contributed by atoms with Gasteiger partial charge in [0.1, 0.15) is 42.3 Å². The van der Waals surface area contributed by atoms with Gasteiger partial charge in [0.05, 0.1) is 26.9 Å². The highest BCUT2D eigenvalue weighted by Crippen LogP contribution is 2.54. The largest absolute Gasteiger partial charge is 0.496 e. The third-order valence-electron chi connectivity index (χ3n) is 12.5. The van der Waals surface area contributed by atoms with Crippen molar-refractivity contribution in [2.45, 2.75) is 97.1 Å². The van der Waals surface area contributed by atoms with Gasteiger partial charge < -0.3 is 43.6 Å². The zero-order valence-corrected chi connectivity index (χ0v) is 42.5. The molecule has 3 atom stereocenters. The number of hydrogen-bond donors (Lipinski definition) is 2. The fourth-order valence-corrected chi connectivity index (χ4v) is 9.00. The Balaban J connectivity index is 1.28. The monoisotopic (exact) mass is 998 g/mol. The number of ether oxygens (including phenoxy) is 5.